The van der Waals surface area contributed by atoms with Crippen molar-refractivity contribution in [2.24, 2.45) is 5.92 Å². The van der Waals surface area contributed by atoms with Gasteiger partial charge in [-0.1, -0.05) is 36.4 Å². The van der Waals surface area contributed by atoms with Crippen LogP contribution in [0.5, 0.6) is 0 Å². The van der Waals surface area contributed by atoms with Crippen LogP contribution in [0.3, 0.4) is 0 Å². The molecular weight excluding hydrogens is 454 g/mol. The monoisotopic (exact) mass is 477 g/mol. The molecule has 3 rings (SSSR count). The Morgan fingerprint density at radius 1 is 1.22 bits per heavy atom. The second-order valence-corrected chi connectivity index (χ2v) is 10.2. The van der Waals surface area contributed by atoms with Crippen LogP contribution < -0.4 is 5.32 Å². The van der Waals surface area contributed by atoms with E-state index in [2.05, 4.69) is 5.32 Å². The van der Waals surface area contributed by atoms with Crippen LogP contribution in [0.4, 0.5) is 5.00 Å². The lowest BCUT2D eigenvalue weighted by atomic mass is 10.1. The van der Waals surface area contributed by atoms with Gasteiger partial charge in [-0.05, 0) is 25.5 Å². The molecule has 1 aromatic heterocycles. The minimum absolute atomic E-state index is 0.140. The first-order chi connectivity index (χ1) is 15.2. The lowest BCUT2D eigenvalue weighted by Crippen LogP contribution is -2.30. The summed E-state index contributed by atoms with van der Waals surface area (Å²) in [5.41, 5.74) is 1.09. The van der Waals surface area contributed by atoms with E-state index in [0.29, 0.717) is 5.00 Å². The van der Waals surface area contributed by atoms with Gasteiger partial charge in [-0.2, -0.15) is 0 Å². The van der Waals surface area contributed by atoms with E-state index in [-0.39, 0.29) is 24.3 Å². The van der Waals surface area contributed by atoms with Crippen LogP contribution in [0.1, 0.15) is 30.6 Å². The molecule has 1 aromatic carbocycles. The van der Waals surface area contributed by atoms with E-state index in [1.54, 1.807) is 13.0 Å². The zero-order valence-electron chi connectivity index (χ0n) is 17.6. The molecule has 2 unspecified atom stereocenters. The van der Waals surface area contributed by atoms with Crippen LogP contribution in [-0.2, 0) is 28.9 Å². The van der Waals surface area contributed by atoms with Gasteiger partial charge in [0, 0.05) is 16.2 Å². The van der Waals surface area contributed by atoms with Crippen molar-refractivity contribution >= 4 is 44.0 Å². The summed E-state index contributed by atoms with van der Waals surface area (Å²) in [4.78, 5) is 37.9. The van der Waals surface area contributed by atoms with E-state index < -0.39 is 39.7 Å². The standard InChI is InChI=1S/C22H23NO7S2/c1-3-29-22(26)17-12-18(16-7-5-4-6-8-16)31-21(17)23-20(25)14(2)30-19(24)11-15-9-10-32(27,28)13-15/h4-10,12,14-15H,3,11,13H2,1-2H3,(H,23,25). The number of sulfone groups is 1. The molecule has 10 heteroatoms. The molecule has 0 bridgehead atoms. The predicted octanol–water partition coefficient (Wildman–Crippen LogP) is 3.41. The van der Waals surface area contributed by atoms with Crippen molar-refractivity contribution in [2.45, 2.75) is 26.4 Å². The maximum absolute atomic E-state index is 12.6. The average Bonchev–Trinajstić information content (AvgIpc) is 3.31. The number of thiophene rings is 1. The van der Waals surface area contributed by atoms with E-state index >= 15 is 0 Å². The Balaban J connectivity index is 1.68. The van der Waals surface area contributed by atoms with Crippen LogP contribution in [0.25, 0.3) is 10.4 Å². The highest BCUT2D eigenvalue weighted by atomic mass is 32.2. The summed E-state index contributed by atoms with van der Waals surface area (Å²) < 4.78 is 33.2. The molecule has 170 valence electrons. The minimum atomic E-state index is -3.27. The van der Waals surface area contributed by atoms with Gasteiger partial charge in [0.15, 0.2) is 15.9 Å². The topological polar surface area (TPSA) is 116 Å². The largest absolute Gasteiger partial charge is 0.462 e. The molecule has 0 saturated carbocycles. The molecule has 0 spiro atoms. The molecule has 1 N–H and O–H groups in total. The first-order valence-electron chi connectivity index (χ1n) is 9.96. The number of anilines is 1. The zero-order valence-corrected chi connectivity index (χ0v) is 19.2. The van der Waals surface area contributed by atoms with Crippen molar-refractivity contribution in [3.63, 3.8) is 0 Å². The Hall–Kier alpha value is -2.98. The third-order valence-electron chi connectivity index (χ3n) is 4.63. The van der Waals surface area contributed by atoms with Crippen molar-refractivity contribution in [3.05, 3.63) is 53.4 Å². The van der Waals surface area contributed by atoms with Crippen LogP contribution >= 0.6 is 11.3 Å². The van der Waals surface area contributed by atoms with Gasteiger partial charge < -0.3 is 14.8 Å². The van der Waals surface area contributed by atoms with Gasteiger partial charge in [-0.3, -0.25) is 9.59 Å². The second kappa shape index (κ2) is 10.1. The number of esters is 2. The van der Waals surface area contributed by atoms with Crippen molar-refractivity contribution in [1.82, 2.24) is 0 Å². The molecule has 0 aliphatic carbocycles. The third kappa shape index (κ3) is 6.04. The first-order valence-corrected chi connectivity index (χ1v) is 12.5. The van der Waals surface area contributed by atoms with E-state index in [0.717, 1.165) is 15.8 Å². The molecular formula is C22H23NO7S2. The van der Waals surface area contributed by atoms with Gasteiger partial charge in [0.05, 0.1) is 24.3 Å². The number of ether oxygens (including phenoxy) is 2. The van der Waals surface area contributed by atoms with E-state index in [1.165, 1.54) is 24.3 Å². The van der Waals surface area contributed by atoms with Crippen molar-refractivity contribution in [1.29, 1.82) is 0 Å². The second-order valence-electron chi connectivity index (χ2n) is 7.18. The van der Waals surface area contributed by atoms with E-state index in [1.807, 2.05) is 30.3 Å². The van der Waals surface area contributed by atoms with E-state index in [4.69, 9.17) is 9.47 Å². The summed E-state index contributed by atoms with van der Waals surface area (Å²) >= 11 is 1.21. The van der Waals surface area contributed by atoms with Crippen molar-refractivity contribution < 1.29 is 32.3 Å². The lowest BCUT2D eigenvalue weighted by molar-refractivity contribution is -0.153. The quantitative estimate of drug-likeness (QED) is 0.579. The normalized spacial score (nSPS) is 17.5. The number of nitrogens with one attached hydrogen (secondary N) is 1. The van der Waals surface area contributed by atoms with Gasteiger partial charge in [-0.15, -0.1) is 11.3 Å². The molecule has 2 atom stereocenters. The summed E-state index contributed by atoms with van der Waals surface area (Å²) in [6.07, 6.45) is 0.171. The maximum atomic E-state index is 12.6. The third-order valence-corrected chi connectivity index (χ3v) is 7.20. The number of carbonyl (C=O) groups is 3. The maximum Gasteiger partial charge on any atom is 0.341 e. The molecule has 1 aliphatic heterocycles. The Labute approximate surface area is 190 Å². The summed E-state index contributed by atoms with van der Waals surface area (Å²) in [6.45, 7) is 3.28. The summed E-state index contributed by atoms with van der Waals surface area (Å²) in [5.74, 6) is -2.48. The van der Waals surface area contributed by atoms with Crippen LogP contribution in [0.2, 0.25) is 0 Å². The number of hydrogen-bond donors (Lipinski definition) is 1. The fourth-order valence-corrected chi connectivity index (χ4v) is 5.54. The highest BCUT2D eigenvalue weighted by molar-refractivity contribution is 7.94. The Morgan fingerprint density at radius 3 is 2.56 bits per heavy atom. The Morgan fingerprint density at radius 2 is 1.94 bits per heavy atom. The molecule has 1 aliphatic rings. The summed E-state index contributed by atoms with van der Waals surface area (Å²) in [6, 6.07) is 11.0. The highest BCUT2D eigenvalue weighted by Gasteiger charge is 2.27. The number of carbonyl (C=O) groups excluding carboxylic acids is 3. The number of amides is 1. The summed E-state index contributed by atoms with van der Waals surface area (Å²) in [5, 5.41) is 4.02. The number of allylic oxidation sites excluding steroid dienone is 1. The highest BCUT2D eigenvalue weighted by Crippen LogP contribution is 2.36. The zero-order chi connectivity index (χ0) is 23.3. The van der Waals surface area contributed by atoms with E-state index in [9.17, 15) is 22.8 Å². The molecule has 32 heavy (non-hydrogen) atoms. The van der Waals surface area contributed by atoms with Gasteiger partial charge in [0.1, 0.15) is 5.00 Å². The first kappa shape index (κ1) is 23.7. The van der Waals surface area contributed by atoms with Crippen LogP contribution in [-0.4, -0.2) is 44.7 Å². The van der Waals surface area contributed by atoms with Crippen molar-refractivity contribution in [2.75, 3.05) is 17.7 Å². The van der Waals surface area contributed by atoms with Crippen LogP contribution in [0.15, 0.2) is 47.9 Å². The SMILES string of the molecule is CCOC(=O)c1cc(-c2ccccc2)sc1NC(=O)C(C)OC(=O)CC1C=CS(=O)(=O)C1. The lowest BCUT2D eigenvalue weighted by Gasteiger charge is -2.14. The fourth-order valence-electron chi connectivity index (χ4n) is 3.08. The minimum Gasteiger partial charge on any atom is -0.462 e. The molecule has 0 saturated heterocycles. The fraction of sp³-hybridized carbons (Fsp3) is 0.318. The molecule has 2 heterocycles. The van der Waals surface area contributed by atoms with Gasteiger partial charge in [-0.25, -0.2) is 13.2 Å². The number of rotatable bonds is 8. The average molecular weight is 478 g/mol. The van der Waals surface area contributed by atoms with Gasteiger partial charge in [0.25, 0.3) is 5.91 Å². The molecule has 2 aromatic rings. The Bertz CT molecular complexity index is 1140. The van der Waals surface area contributed by atoms with Gasteiger partial charge in [0.2, 0.25) is 0 Å². The molecule has 1 amide bonds. The number of benzene rings is 1. The molecule has 8 nitrogen and oxygen atoms in total. The van der Waals surface area contributed by atoms with Gasteiger partial charge >= 0.3 is 11.9 Å². The number of hydrogen-bond acceptors (Lipinski definition) is 8. The molecule has 0 fully saturated rings. The predicted molar refractivity (Wildman–Crippen MR) is 121 cm³/mol. The molecule has 0 radical (unpaired) electrons. The smallest absolute Gasteiger partial charge is 0.341 e. The Kier molecular flexibility index (Phi) is 7.47. The van der Waals surface area contributed by atoms with Crippen LogP contribution in [0, 0.1) is 5.92 Å². The summed E-state index contributed by atoms with van der Waals surface area (Å²) in [7, 11) is -3.27. The van der Waals surface area contributed by atoms with Crippen molar-refractivity contribution in [3.8, 4) is 10.4 Å².